The highest BCUT2D eigenvalue weighted by Crippen LogP contribution is 2.16. The first-order valence-electron chi connectivity index (χ1n) is 30.8. The van der Waals surface area contributed by atoms with Crippen molar-refractivity contribution in [1.82, 2.24) is 5.32 Å². The highest BCUT2D eigenvalue weighted by Gasteiger charge is 2.18. The maximum absolute atomic E-state index is 12.5. The van der Waals surface area contributed by atoms with E-state index in [4.69, 9.17) is 4.74 Å². The van der Waals surface area contributed by atoms with Gasteiger partial charge in [0.05, 0.1) is 25.4 Å². The van der Waals surface area contributed by atoms with E-state index in [-0.39, 0.29) is 18.5 Å². The highest BCUT2D eigenvalue weighted by atomic mass is 16.5. The molecule has 406 valence electrons. The third-order valence-electron chi connectivity index (χ3n) is 14.1. The van der Waals surface area contributed by atoms with Crippen molar-refractivity contribution < 1.29 is 24.5 Å². The minimum Gasteiger partial charge on any atom is -0.466 e. The van der Waals surface area contributed by atoms with Gasteiger partial charge in [0, 0.05) is 12.8 Å². The van der Waals surface area contributed by atoms with E-state index in [2.05, 4.69) is 43.5 Å². The van der Waals surface area contributed by atoms with Gasteiger partial charge in [0.2, 0.25) is 5.91 Å². The van der Waals surface area contributed by atoms with Crippen LogP contribution in [-0.2, 0) is 14.3 Å². The molecule has 0 saturated heterocycles. The van der Waals surface area contributed by atoms with Crippen molar-refractivity contribution in [3.8, 4) is 0 Å². The number of ether oxygens (including phenoxy) is 1. The van der Waals surface area contributed by atoms with Crippen molar-refractivity contribution in [1.29, 1.82) is 0 Å². The Morgan fingerprint density at radius 3 is 1.03 bits per heavy atom. The zero-order valence-electron chi connectivity index (χ0n) is 46.3. The Morgan fingerprint density at radius 2 is 0.681 bits per heavy atom. The number of allylic oxidation sites excluding steroid dienone is 5. The van der Waals surface area contributed by atoms with E-state index >= 15 is 0 Å². The summed E-state index contributed by atoms with van der Waals surface area (Å²) in [6.45, 7) is 4.90. The largest absolute Gasteiger partial charge is 0.466 e. The maximum Gasteiger partial charge on any atom is 0.305 e. The summed E-state index contributed by atoms with van der Waals surface area (Å²) in [5.41, 5.74) is 0. The Bertz CT molecular complexity index is 1120. The van der Waals surface area contributed by atoms with Crippen LogP contribution >= 0.6 is 0 Å². The summed E-state index contributed by atoms with van der Waals surface area (Å²) < 4.78 is 5.49. The van der Waals surface area contributed by atoms with Gasteiger partial charge in [-0.15, -0.1) is 0 Å². The van der Waals surface area contributed by atoms with E-state index in [1.807, 2.05) is 6.08 Å². The molecule has 6 heteroatoms. The molecular formula is C63H119NO5. The monoisotopic (exact) mass is 970 g/mol. The molecule has 0 bridgehead atoms. The fourth-order valence-electron chi connectivity index (χ4n) is 9.39. The minimum absolute atomic E-state index is 0.000304. The quantitative estimate of drug-likeness (QED) is 0.0321. The summed E-state index contributed by atoms with van der Waals surface area (Å²) in [6.07, 6.45) is 73.2. The molecule has 0 aliphatic carbocycles. The van der Waals surface area contributed by atoms with Crippen molar-refractivity contribution in [3.63, 3.8) is 0 Å². The SMILES string of the molecule is CCCCCCCCC/C=C\CCCCCCCCCC(=O)OCCCCCCCCCC/C=C\CCCCCCCCCC(=O)NC(CO)C(O)/C=C/CCCCCCCCCCCCCCC. The second-order valence-electron chi connectivity index (χ2n) is 21.0. The van der Waals surface area contributed by atoms with Crippen molar-refractivity contribution in [2.75, 3.05) is 13.2 Å². The second kappa shape index (κ2) is 58.6. The van der Waals surface area contributed by atoms with Crippen molar-refractivity contribution >= 4 is 11.9 Å². The van der Waals surface area contributed by atoms with Gasteiger partial charge in [0.15, 0.2) is 0 Å². The van der Waals surface area contributed by atoms with Gasteiger partial charge in [0.1, 0.15) is 0 Å². The predicted octanol–water partition coefficient (Wildman–Crippen LogP) is 19.2. The maximum atomic E-state index is 12.5. The molecule has 0 rings (SSSR count). The molecule has 6 nitrogen and oxygen atoms in total. The molecule has 0 fully saturated rings. The van der Waals surface area contributed by atoms with Gasteiger partial charge in [0.25, 0.3) is 0 Å². The fourth-order valence-corrected chi connectivity index (χ4v) is 9.39. The first-order chi connectivity index (χ1) is 34.0. The third-order valence-corrected chi connectivity index (χ3v) is 14.1. The van der Waals surface area contributed by atoms with Crippen LogP contribution in [0.25, 0.3) is 0 Å². The number of rotatable bonds is 57. The molecule has 1 amide bonds. The summed E-state index contributed by atoms with van der Waals surface area (Å²) in [4.78, 5) is 24.5. The third kappa shape index (κ3) is 55.2. The Hall–Kier alpha value is -1.92. The average Bonchev–Trinajstić information content (AvgIpc) is 3.35. The number of esters is 1. The summed E-state index contributed by atoms with van der Waals surface area (Å²) in [6, 6.07) is -0.635. The number of carbonyl (C=O) groups excluding carboxylic acids is 2. The highest BCUT2D eigenvalue weighted by molar-refractivity contribution is 5.76. The van der Waals surface area contributed by atoms with E-state index in [0.717, 1.165) is 51.4 Å². The smallest absolute Gasteiger partial charge is 0.305 e. The van der Waals surface area contributed by atoms with Gasteiger partial charge in [-0.1, -0.05) is 269 Å². The molecule has 0 aliphatic rings. The van der Waals surface area contributed by atoms with Crippen molar-refractivity contribution in [3.05, 3.63) is 36.5 Å². The van der Waals surface area contributed by atoms with Gasteiger partial charge in [-0.25, -0.2) is 0 Å². The van der Waals surface area contributed by atoms with Gasteiger partial charge in [-0.05, 0) is 83.5 Å². The van der Waals surface area contributed by atoms with Crippen LogP contribution < -0.4 is 5.32 Å². The predicted molar refractivity (Wildman–Crippen MR) is 301 cm³/mol. The molecule has 69 heavy (non-hydrogen) atoms. The lowest BCUT2D eigenvalue weighted by atomic mass is 10.0. The number of aliphatic hydroxyl groups is 2. The molecule has 0 radical (unpaired) electrons. The molecule has 0 aromatic heterocycles. The molecule has 3 N–H and O–H groups in total. The number of carbonyl (C=O) groups is 2. The number of hydrogen-bond donors (Lipinski definition) is 3. The molecule has 0 spiro atoms. The van der Waals surface area contributed by atoms with Crippen molar-refractivity contribution in [2.24, 2.45) is 0 Å². The number of hydrogen-bond acceptors (Lipinski definition) is 5. The van der Waals surface area contributed by atoms with E-state index in [9.17, 15) is 19.8 Å². The second-order valence-corrected chi connectivity index (χ2v) is 21.0. The molecular weight excluding hydrogens is 851 g/mol. The Balaban J connectivity index is 3.45. The summed E-state index contributed by atoms with van der Waals surface area (Å²) in [7, 11) is 0. The minimum atomic E-state index is -0.851. The first-order valence-corrected chi connectivity index (χ1v) is 30.8. The summed E-state index contributed by atoms with van der Waals surface area (Å²) >= 11 is 0. The first kappa shape index (κ1) is 67.1. The van der Waals surface area contributed by atoms with Crippen LogP contribution in [0.2, 0.25) is 0 Å². The molecule has 0 heterocycles. The van der Waals surface area contributed by atoms with E-state index in [0.29, 0.717) is 19.4 Å². The van der Waals surface area contributed by atoms with Crippen LogP contribution in [0.5, 0.6) is 0 Å². The fraction of sp³-hybridized carbons (Fsp3) is 0.873. The molecule has 2 unspecified atom stereocenters. The van der Waals surface area contributed by atoms with Gasteiger partial charge in [-0.2, -0.15) is 0 Å². The molecule has 2 atom stereocenters. The van der Waals surface area contributed by atoms with E-state index in [1.54, 1.807) is 6.08 Å². The number of aliphatic hydroxyl groups excluding tert-OH is 2. The van der Waals surface area contributed by atoms with Gasteiger partial charge >= 0.3 is 5.97 Å². The zero-order valence-corrected chi connectivity index (χ0v) is 46.3. The van der Waals surface area contributed by atoms with Gasteiger partial charge in [-0.3, -0.25) is 9.59 Å². The lowest BCUT2D eigenvalue weighted by molar-refractivity contribution is -0.143. The van der Waals surface area contributed by atoms with E-state index < -0.39 is 12.1 Å². The topological polar surface area (TPSA) is 95.9 Å². The van der Waals surface area contributed by atoms with Crippen LogP contribution in [0.1, 0.15) is 328 Å². The Kier molecular flexibility index (Phi) is 57.0. The van der Waals surface area contributed by atoms with Crippen LogP contribution in [0.15, 0.2) is 36.5 Å². The van der Waals surface area contributed by atoms with Crippen LogP contribution in [-0.4, -0.2) is 47.4 Å². The average molecular weight is 971 g/mol. The summed E-state index contributed by atoms with van der Waals surface area (Å²) in [5.74, 6) is -0.0765. The standard InChI is InChI=1S/C63H119NO5/c1-3-5-7-9-11-13-15-17-19-20-25-29-33-37-41-45-49-53-57-63(68)69-58-54-50-46-42-38-34-30-26-23-21-22-24-28-32-36-40-44-48-52-56-62(67)64-60(59-65)61(66)55-51-47-43-39-35-31-27-18-16-14-12-10-8-6-4-2/h19-22,51,55,60-61,65-66H,3-18,23-50,52-54,56-59H2,1-2H3,(H,64,67)/b20-19-,22-21-,55-51+. The Morgan fingerprint density at radius 1 is 0.391 bits per heavy atom. The Labute approximate surface area is 430 Å². The van der Waals surface area contributed by atoms with Crippen LogP contribution in [0.4, 0.5) is 0 Å². The number of unbranched alkanes of at least 4 members (excludes halogenated alkanes) is 42. The normalized spacial score (nSPS) is 12.8. The van der Waals surface area contributed by atoms with E-state index in [1.165, 1.54) is 250 Å². The number of amides is 1. The lowest BCUT2D eigenvalue weighted by Gasteiger charge is -2.20. The molecule has 0 aromatic carbocycles. The molecule has 0 aliphatic heterocycles. The molecule has 0 aromatic rings. The van der Waals surface area contributed by atoms with Crippen LogP contribution in [0, 0.1) is 0 Å². The zero-order chi connectivity index (χ0) is 50.0. The molecule has 0 saturated carbocycles. The van der Waals surface area contributed by atoms with Crippen LogP contribution in [0.3, 0.4) is 0 Å². The number of nitrogens with one attached hydrogen (secondary N) is 1. The van der Waals surface area contributed by atoms with Gasteiger partial charge < -0.3 is 20.3 Å². The summed E-state index contributed by atoms with van der Waals surface area (Å²) in [5, 5.41) is 23.1. The lowest BCUT2D eigenvalue weighted by Crippen LogP contribution is -2.45. The van der Waals surface area contributed by atoms with Crippen molar-refractivity contribution in [2.45, 2.75) is 341 Å².